The van der Waals surface area contributed by atoms with Gasteiger partial charge in [0.25, 0.3) is 0 Å². The summed E-state index contributed by atoms with van der Waals surface area (Å²) in [5.74, 6) is 2.62. The molecule has 1 aliphatic carbocycles. The van der Waals surface area contributed by atoms with Crippen molar-refractivity contribution in [2.45, 2.75) is 25.4 Å². The number of aromatic hydroxyl groups is 1. The smallest absolute Gasteiger partial charge is 0.156 e. The molecule has 1 N–H and O–H groups in total. The van der Waals surface area contributed by atoms with Crippen LogP contribution < -0.4 is 4.74 Å². The zero-order valence-corrected chi connectivity index (χ0v) is 13.7. The van der Waals surface area contributed by atoms with Crippen LogP contribution >= 0.6 is 0 Å². The van der Waals surface area contributed by atoms with Gasteiger partial charge < -0.3 is 14.7 Å². The number of nitrogens with zero attached hydrogens (tertiary/aromatic N) is 3. The fraction of sp³-hybridized carbons (Fsp3) is 0.474. The normalized spacial score (nSPS) is 26.4. The third kappa shape index (κ3) is 3.51. The minimum atomic E-state index is 0.310. The molecule has 1 saturated carbocycles. The number of phenols is 1. The zero-order chi connectivity index (χ0) is 16.4. The molecular formula is C19H23N3O2. The molecule has 5 nitrogen and oxygen atoms in total. The molecule has 1 aromatic carbocycles. The molecule has 3 atom stereocenters. The van der Waals surface area contributed by atoms with E-state index in [0.717, 1.165) is 43.4 Å². The van der Waals surface area contributed by atoms with E-state index in [-0.39, 0.29) is 0 Å². The molecule has 0 bridgehead atoms. The molecule has 0 radical (unpaired) electrons. The van der Waals surface area contributed by atoms with Crippen molar-refractivity contribution in [1.82, 2.24) is 14.9 Å². The Morgan fingerprint density at radius 2 is 1.71 bits per heavy atom. The summed E-state index contributed by atoms with van der Waals surface area (Å²) in [6.07, 6.45) is 8.63. The SMILES string of the molecule is Oc1ccc(CCN2C[C@H]3CC(Oc4cncnc4)C[C@H]3C2)cc1. The Morgan fingerprint density at radius 3 is 2.38 bits per heavy atom. The van der Waals surface area contributed by atoms with Crippen LogP contribution in [0.1, 0.15) is 18.4 Å². The van der Waals surface area contributed by atoms with Gasteiger partial charge in [-0.25, -0.2) is 9.97 Å². The standard InChI is InChI=1S/C19H23N3O2/c23-17-3-1-14(2-4-17)5-6-22-11-15-7-18(8-16(15)12-22)24-19-9-20-13-21-10-19/h1-4,9-10,13,15-16,18,23H,5-8,11-12H2/t15-,16+,18?. The molecule has 5 heteroatoms. The minimum absolute atomic E-state index is 0.310. The van der Waals surface area contributed by atoms with Gasteiger partial charge in [-0.2, -0.15) is 0 Å². The van der Waals surface area contributed by atoms with Crippen LogP contribution in [0.2, 0.25) is 0 Å². The van der Waals surface area contributed by atoms with E-state index in [1.165, 1.54) is 25.0 Å². The number of likely N-dealkylation sites (tertiary alicyclic amines) is 1. The average Bonchev–Trinajstić information content (AvgIpc) is 3.13. The largest absolute Gasteiger partial charge is 0.508 e. The maximum absolute atomic E-state index is 9.35. The lowest BCUT2D eigenvalue weighted by molar-refractivity contribution is 0.184. The molecular weight excluding hydrogens is 302 g/mol. The summed E-state index contributed by atoms with van der Waals surface area (Å²) >= 11 is 0. The topological polar surface area (TPSA) is 58.5 Å². The third-order valence-corrected chi connectivity index (χ3v) is 5.28. The van der Waals surface area contributed by atoms with Crippen molar-refractivity contribution in [3.8, 4) is 11.5 Å². The Labute approximate surface area is 142 Å². The van der Waals surface area contributed by atoms with E-state index < -0.39 is 0 Å². The van der Waals surface area contributed by atoms with E-state index in [9.17, 15) is 5.11 Å². The van der Waals surface area contributed by atoms with Crippen LogP contribution in [0, 0.1) is 11.8 Å². The van der Waals surface area contributed by atoms with Crippen LogP contribution in [0.5, 0.6) is 11.5 Å². The van der Waals surface area contributed by atoms with Crippen molar-refractivity contribution >= 4 is 0 Å². The van der Waals surface area contributed by atoms with Crippen molar-refractivity contribution in [2.75, 3.05) is 19.6 Å². The first kappa shape index (κ1) is 15.4. The van der Waals surface area contributed by atoms with E-state index in [0.29, 0.717) is 11.9 Å². The van der Waals surface area contributed by atoms with Gasteiger partial charge in [-0.05, 0) is 48.8 Å². The Hall–Kier alpha value is -2.14. The quantitative estimate of drug-likeness (QED) is 0.915. The van der Waals surface area contributed by atoms with Crippen LogP contribution in [0.15, 0.2) is 43.0 Å². The highest BCUT2D eigenvalue weighted by atomic mass is 16.5. The van der Waals surface area contributed by atoms with Crippen molar-refractivity contribution in [2.24, 2.45) is 11.8 Å². The van der Waals surface area contributed by atoms with Crippen molar-refractivity contribution < 1.29 is 9.84 Å². The van der Waals surface area contributed by atoms with Crippen LogP contribution in [-0.4, -0.2) is 45.7 Å². The van der Waals surface area contributed by atoms with Gasteiger partial charge in [0.15, 0.2) is 5.75 Å². The molecule has 0 amide bonds. The molecule has 1 unspecified atom stereocenters. The molecule has 2 aliphatic rings. The van der Waals surface area contributed by atoms with E-state index >= 15 is 0 Å². The highest BCUT2D eigenvalue weighted by Gasteiger charge is 2.41. The van der Waals surface area contributed by atoms with E-state index in [1.807, 2.05) is 12.1 Å². The minimum Gasteiger partial charge on any atom is -0.508 e. The summed E-state index contributed by atoms with van der Waals surface area (Å²) < 4.78 is 6.02. The van der Waals surface area contributed by atoms with Crippen molar-refractivity contribution in [3.05, 3.63) is 48.5 Å². The molecule has 4 rings (SSSR count). The first-order valence-corrected chi connectivity index (χ1v) is 8.68. The third-order valence-electron chi connectivity index (χ3n) is 5.28. The number of ether oxygens (including phenoxy) is 1. The van der Waals surface area contributed by atoms with Gasteiger partial charge in [0, 0.05) is 19.6 Å². The number of hydrogen-bond acceptors (Lipinski definition) is 5. The summed E-state index contributed by atoms with van der Waals surface area (Å²) in [6, 6.07) is 7.56. The molecule has 2 fully saturated rings. The predicted molar refractivity (Wildman–Crippen MR) is 90.9 cm³/mol. The van der Waals surface area contributed by atoms with E-state index in [1.54, 1.807) is 24.5 Å². The summed E-state index contributed by atoms with van der Waals surface area (Å²) in [5.41, 5.74) is 1.29. The van der Waals surface area contributed by atoms with Crippen LogP contribution in [0.3, 0.4) is 0 Å². The number of phenolic OH excluding ortho intramolecular Hbond substituents is 1. The summed E-state index contributed by atoms with van der Waals surface area (Å²) in [7, 11) is 0. The second-order valence-corrected chi connectivity index (χ2v) is 6.98. The lowest BCUT2D eigenvalue weighted by Crippen LogP contribution is -2.26. The Morgan fingerprint density at radius 1 is 1.04 bits per heavy atom. The Bertz CT molecular complexity index is 648. The molecule has 126 valence electrons. The van der Waals surface area contributed by atoms with Gasteiger partial charge in [0.2, 0.25) is 0 Å². The second-order valence-electron chi connectivity index (χ2n) is 6.98. The second kappa shape index (κ2) is 6.77. The maximum atomic E-state index is 9.35. The van der Waals surface area contributed by atoms with Gasteiger partial charge >= 0.3 is 0 Å². The predicted octanol–water partition coefficient (Wildman–Crippen LogP) is 2.51. The van der Waals surface area contributed by atoms with Gasteiger partial charge in [-0.3, -0.25) is 0 Å². The number of aromatic nitrogens is 2. The van der Waals surface area contributed by atoms with Gasteiger partial charge in [-0.15, -0.1) is 0 Å². The fourth-order valence-corrected chi connectivity index (χ4v) is 4.11. The van der Waals surface area contributed by atoms with Gasteiger partial charge in [0.1, 0.15) is 12.1 Å². The van der Waals surface area contributed by atoms with Gasteiger partial charge in [0.05, 0.1) is 18.5 Å². The highest BCUT2D eigenvalue weighted by Crippen LogP contribution is 2.39. The summed E-state index contributed by atoms with van der Waals surface area (Å²) in [6.45, 7) is 3.44. The number of benzene rings is 1. The lowest BCUT2D eigenvalue weighted by atomic mass is 10.0. The first-order chi connectivity index (χ1) is 11.8. The summed E-state index contributed by atoms with van der Waals surface area (Å²) in [5, 5.41) is 9.35. The number of fused-ring (bicyclic) bond motifs is 1. The maximum Gasteiger partial charge on any atom is 0.156 e. The van der Waals surface area contributed by atoms with Crippen molar-refractivity contribution in [1.29, 1.82) is 0 Å². The van der Waals surface area contributed by atoms with E-state index in [4.69, 9.17) is 4.74 Å². The lowest BCUT2D eigenvalue weighted by Gasteiger charge is -2.19. The molecule has 0 spiro atoms. The monoisotopic (exact) mass is 325 g/mol. The molecule has 1 aliphatic heterocycles. The fourth-order valence-electron chi connectivity index (χ4n) is 4.11. The number of rotatable bonds is 5. The molecule has 24 heavy (non-hydrogen) atoms. The Kier molecular flexibility index (Phi) is 4.34. The van der Waals surface area contributed by atoms with Crippen LogP contribution in [0.4, 0.5) is 0 Å². The van der Waals surface area contributed by atoms with Gasteiger partial charge in [-0.1, -0.05) is 12.1 Å². The highest BCUT2D eigenvalue weighted by molar-refractivity contribution is 5.26. The zero-order valence-electron chi connectivity index (χ0n) is 13.7. The molecule has 2 aromatic rings. The Balaban J connectivity index is 1.25. The average molecular weight is 325 g/mol. The van der Waals surface area contributed by atoms with Crippen LogP contribution in [-0.2, 0) is 6.42 Å². The van der Waals surface area contributed by atoms with Crippen LogP contribution in [0.25, 0.3) is 0 Å². The summed E-state index contributed by atoms with van der Waals surface area (Å²) in [4.78, 5) is 10.6. The molecule has 1 saturated heterocycles. The van der Waals surface area contributed by atoms with E-state index in [2.05, 4.69) is 14.9 Å². The molecule has 2 heterocycles. The molecule has 1 aromatic heterocycles. The first-order valence-electron chi connectivity index (χ1n) is 8.68. The van der Waals surface area contributed by atoms with Crippen molar-refractivity contribution in [3.63, 3.8) is 0 Å². The number of hydrogen-bond donors (Lipinski definition) is 1.